The summed E-state index contributed by atoms with van der Waals surface area (Å²) in [6.45, 7) is 4.70. The highest BCUT2D eigenvalue weighted by atomic mass is 19.1. The molecule has 0 unspecified atom stereocenters. The van der Waals surface area contributed by atoms with Gasteiger partial charge in [0.25, 0.3) is 5.91 Å². The topological polar surface area (TPSA) is 124 Å². The van der Waals surface area contributed by atoms with Crippen LogP contribution in [0.3, 0.4) is 0 Å². The summed E-state index contributed by atoms with van der Waals surface area (Å²) in [6, 6.07) is 11.9. The molecule has 0 aromatic heterocycles. The summed E-state index contributed by atoms with van der Waals surface area (Å²) in [4.78, 5) is 52.8. The molecule has 1 saturated heterocycles. The van der Waals surface area contributed by atoms with Gasteiger partial charge in [-0.2, -0.15) is 5.10 Å². The summed E-state index contributed by atoms with van der Waals surface area (Å²) in [7, 11) is 1.82. The van der Waals surface area contributed by atoms with Crippen LogP contribution in [0.2, 0.25) is 0 Å². The molecule has 12 heteroatoms. The molecule has 0 atom stereocenters. The normalized spacial score (nSPS) is 13.6. The van der Waals surface area contributed by atoms with Crippen molar-refractivity contribution in [3.63, 3.8) is 0 Å². The second-order valence-electron chi connectivity index (χ2n) is 9.58. The van der Waals surface area contributed by atoms with E-state index in [1.165, 1.54) is 21.9 Å². The van der Waals surface area contributed by atoms with Gasteiger partial charge < -0.3 is 24.8 Å². The number of benzene rings is 2. The number of piperazine rings is 1. The van der Waals surface area contributed by atoms with E-state index < -0.39 is 11.7 Å². The molecule has 3 rings (SSSR count). The highest BCUT2D eigenvalue weighted by Gasteiger charge is 2.27. The molecule has 0 aliphatic carbocycles. The van der Waals surface area contributed by atoms with Crippen LogP contribution in [0, 0.1) is 12.7 Å². The summed E-state index contributed by atoms with van der Waals surface area (Å²) in [5.41, 5.74) is 5.28. The van der Waals surface area contributed by atoms with Crippen LogP contribution >= 0.6 is 0 Å². The van der Waals surface area contributed by atoms with Crippen molar-refractivity contribution in [2.24, 2.45) is 5.10 Å². The molecule has 2 aromatic rings. The van der Waals surface area contributed by atoms with Crippen LogP contribution in [-0.4, -0.2) is 111 Å². The highest BCUT2D eigenvalue weighted by molar-refractivity contribution is 6.03. The van der Waals surface area contributed by atoms with Gasteiger partial charge in [0.05, 0.1) is 31.0 Å². The zero-order valence-corrected chi connectivity index (χ0v) is 23.5. The molecule has 220 valence electrons. The molecule has 4 amide bonds. The Morgan fingerprint density at radius 3 is 2.46 bits per heavy atom. The highest BCUT2D eigenvalue weighted by Crippen LogP contribution is 2.18. The maximum atomic E-state index is 14.8. The lowest BCUT2D eigenvalue weighted by molar-refractivity contribution is -0.137. The number of nitrogens with zero attached hydrogens (tertiary/aromatic N) is 4. The fourth-order valence-electron chi connectivity index (χ4n) is 4.47. The second-order valence-corrected chi connectivity index (χ2v) is 9.58. The number of carbonyl (C=O) groups is 4. The molecule has 1 aliphatic heterocycles. The monoisotopic (exact) mass is 568 g/mol. The number of hydrazone groups is 1. The third-order valence-corrected chi connectivity index (χ3v) is 6.77. The number of halogens is 1. The number of ether oxygens (including phenoxy) is 1. The molecule has 1 heterocycles. The van der Waals surface area contributed by atoms with Crippen molar-refractivity contribution < 1.29 is 28.3 Å². The van der Waals surface area contributed by atoms with Gasteiger partial charge in [0, 0.05) is 51.3 Å². The van der Waals surface area contributed by atoms with Crippen molar-refractivity contribution in [1.29, 1.82) is 0 Å². The average Bonchev–Trinajstić information content (AvgIpc) is 2.99. The lowest BCUT2D eigenvalue weighted by Crippen LogP contribution is -2.52. The molecule has 2 N–H and O–H groups in total. The molecular weight excluding hydrogens is 531 g/mol. The number of likely N-dealkylation sites (N-methyl/N-ethyl adjacent to an activating group) is 1. The standard InChI is InChI=1S/C29H37FN6O5/c1-22-5-3-4-6-24(22)27(33-32-20-37)18-23-7-8-26(30)25(17-23)29(40)36-12-10-35(11-13-36)28(39)19-34(21-38)14-16-41-15-9-31-2/h3-8,17,20-21,31H,9-16,18-19H2,1-2H3,(H,32,37)/b33-27-. The number of hydrogen-bond donors (Lipinski definition) is 2. The summed E-state index contributed by atoms with van der Waals surface area (Å²) >= 11 is 0. The summed E-state index contributed by atoms with van der Waals surface area (Å²) in [6.07, 6.45) is 1.36. The Balaban J connectivity index is 1.60. The SMILES string of the molecule is CNCCOCCN(C=O)CC(=O)N1CCN(C(=O)c2cc(C/C(=N/NC=O)c3ccccc3C)ccc2F)CC1. The van der Waals surface area contributed by atoms with Gasteiger partial charge in [-0.15, -0.1) is 0 Å². The predicted molar refractivity (Wildman–Crippen MR) is 152 cm³/mol. The van der Waals surface area contributed by atoms with Crippen LogP contribution in [0.4, 0.5) is 4.39 Å². The number of carbonyl (C=O) groups excluding carboxylic acids is 4. The number of nitrogens with one attached hydrogen (secondary N) is 2. The van der Waals surface area contributed by atoms with Crippen LogP contribution in [0.25, 0.3) is 0 Å². The third-order valence-electron chi connectivity index (χ3n) is 6.77. The predicted octanol–water partition coefficient (Wildman–Crippen LogP) is 0.806. The van der Waals surface area contributed by atoms with Crippen LogP contribution in [0.1, 0.15) is 27.0 Å². The molecule has 0 radical (unpaired) electrons. The number of hydrogen-bond acceptors (Lipinski definition) is 7. The van der Waals surface area contributed by atoms with Crippen molar-refractivity contribution in [2.45, 2.75) is 13.3 Å². The van der Waals surface area contributed by atoms with Gasteiger partial charge in [0.1, 0.15) is 5.82 Å². The van der Waals surface area contributed by atoms with Crippen molar-refractivity contribution in [3.8, 4) is 0 Å². The third kappa shape index (κ3) is 9.19. The Hall–Kier alpha value is -4.16. The zero-order valence-electron chi connectivity index (χ0n) is 23.5. The largest absolute Gasteiger partial charge is 0.378 e. The molecule has 0 saturated carbocycles. The van der Waals surface area contributed by atoms with E-state index >= 15 is 0 Å². The first kappa shape index (κ1) is 31.4. The van der Waals surface area contributed by atoms with E-state index in [9.17, 15) is 23.6 Å². The maximum Gasteiger partial charge on any atom is 0.256 e. The van der Waals surface area contributed by atoms with Crippen LogP contribution < -0.4 is 10.7 Å². The van der Waals surface area contributed by atoms with Gasteiger partial charge in [-0.1, -0.05) is 30.3 Å². The van der Waals surface area contributed by atoms with Gasteiger partial charge in [-0.05, 0) is 37.2 Å². The van der Waals surface area contributed by atoms with Crippen molar-refractivity contribution >= 4 is 30.3 Å². The van der Waals surface area contributed by atoms with Crippen molar-refractivity contribution in [2.75, 3.05) is 66.1 Å². The number of amides is 4. The van der Waals surface area contributed by atoms with Crippen LogP contribution in [0.5, 0.6) is 0 Å². The minimum atomic E-state index is -0.642. The number of aryl methyl sites for hydroxylation is 1. The Kier molecular flexibility index (Phi) is 12.4. The first-order valence-corrected chi connectivity index (χ1v) is 13.5. The van der Waals surface area contributed by atoms with Gasteiger partial charge >= 0.3 is 0 Å². The van der Waals surface area contributed by atoms with E-state index in [4.69, 9.17) is 4.74 Å². The van der Waals surface area contributed by atoms with E-state index in [1.54, 1.807) is 11.0 Å². The minimum absolute atomic E-state index is 0.0693. The molecular formula is C29H37FN6O5. The first-order chi connectivity index (χ1) is 19.9. The lowest BCUT2D eigenvalue weighted by Gasteiger charge is -2.35. The van der Waals surface area contributed by atoms with Crippen molar-refractivity contribution in [3.05, 3.63) is 70.5 Å². The smallest absolute Gasteiger partial charge is 0.256 e. The molecule has 1 fully saturated rings. The van der Waals surface area contributed by atoms with E-state index in [0.29, 0.717) is 50.4 Å². The van der Waals surface area contributed by atoms with Crippen LogP contribution in [-0.2, 0) is 25.5 Å². The second kappa shape index (κ2) is 16.2. The molecule has 0 spiro atoms. The zero-order chi connectivity index (χ0) is 29.6. The Morgan fingerprint density at radius 1 is 1.05 bits per heavy atom. The Morgan fingerprint density at radius 2 is 1.78 bits per heavy atom. The minimum Gasteiger partial charge on any atom is -0.378 e. The lowest BCUT2D eigenvalue weighted by atomic mass is 9.97. The molecule has 11 nitrogen and oxygen atoms in total. The molecule has 41 heavy (non-hydrogen) atoms. The Labute approximate surface area is 239 Å². The molecule has 1 aliphatic rings. The summed E-state index contributed by atoms with van der Waals surface area (Å²) in [5.74, 6) is -1.33. The number of rotatable bonds is 15. The van der Waals surface area contributed by atoms with E-state index in [0.717, 1.165) is 11.1 Å². The van der Waals surface area contributed by atoms with Gasteiger partial charge in [0.2, 0.25) is 18.7 Å². The molecule has 0 bridgehead atoms. The quantitative estimate of drug-likeness (QED) is 0.142. The van der Waals surface area contributed by atoms with E-state index in [2.05, 4.69) is 15.8 Å². The van der Waals surface area contributed by atoms with Crippen LogP contribution in [0.15, 0.2) is 47.6 Å². The summed E-state index contributed by atoms with van der Waals surface area (Å²) in [5, 5.41) is 7.13. The fourth-order valence-corrected chi connectivity index (χ4v) is 4.47. The molecule has 2 aromatic carbocycles. The van der Waals surface area contributed by atoms with Gasteiger partial charge in [-0.3, -0.25) is 19.2 Å². The van der Waals surface area contributed by atoms with E-state index in [1.807, 2.05) is 38.2 Å². The van der Waals surface area contributed by atoms with Gasteiger partial charge in [-0.25, -0.2) is 9.82 Å². The van der Waals surface area contributed by atoms with Gasteiger partial charge in [0.15, 0.2) is 0 Å². The van der Waals surface area contributed by atoms with Crippen molar-refractivity contribution in [1.82, 2.24) is 25.4 Å². The maximum absolute atomic E-state index is 14.8. The van der Waals surface area contributed by atoms with E-state index in [-0.39, 0.29) is 50.6 Å². The summed E-state index contributed by atoms with van der Waals surface area (Å²) < 4.78 is 20.2. The average molecular weight is 569 g/mol. The fraction of sp³-hybridized carbons (Fsp3) is 0.414. The first-order valence-electron chi connectivity index (χ1n) is 13.5. The Bertz CT molecular complexity index is 1230.